The van der Waals surface area contributed by atoms with Crippen LogP contribution in [0.3, 0.4) is 0 Å². The molecule has 8 heteroatoms. The van der Waals surface area contributed by atoms with Crippen molar-refractivity contribution >= 4 is 10.1 Å². The van der Waals surface area contributed by atoms with Gasteiger partial charge in [0.25, 0.3) is 0 Å². The summed E-state index contributed by atoms with van der Waals surface area (Å²) in [7, 11) is -2.80. The lowest BCUT2D eigenvalue weighted by atomic mass is 10.1. The van der Waals surface area contributed by atoms with E-state index in [0.29, 0.717) is 19.1 Å². The number of rotatable bonds is 6. The van der Waals surface area contributed by atoms with Gasteiger partial charge < -0.3 is 8.92 Å². The van der Waals surface area contributed by atoms with Crippen LogP contribution in [0.4, 0.5) is 13.2 Å². The van der Waals surface area contributed by atoms with E-state index in [-0.39, 0.29) is 11.3 Å². The van der Waals surface area contributed by atoms with E-state index >= 15 is 0 Å². The van der Waals surface area contributed by atoms with Crippen molar-refractivity contribution in [1.29, 1.82) is 0 Å². The van der Waals surface area contributed by atoms with Crippen molar-refractivity contribution in [3.8, 4) is 5.75 Å². The van der Waals surface area contributed by atoms with Gasteiger partial charge in [-0.25, -0.2) is 0 Å². The third-order valence-corrected chi connectivity index (χ3v) is 4.77. The number of ether oxygens (including phenoxy) is 1. The van der Waals surface area contributed by atoms with Gasteiger partial charge >= 0.3 is 16.3 Å². The van der Waals surface area contributed by atoms with E-state index in [1.807, 2.05) is 0 Å². The molecule has 0 bridgehead atoms. The van der Waals surface area contributed by atoms with Gasteiger partial charge in [-0.15, -0.1) is 0 Å². The molecule has 0 aliphatic rings. The van der Waals surface area contributed by atoms with Crippen LogP contribution < -0.4 is 4.18 Å². The van der Waals surface area contributed by atoms with Crippen molar-refractivity contribution in [2.75, 3.05) is 13.7 Å². The van der Waals surface area contributed by atoms with E-state index in [1.54, 1.807) is 19.2 Å². The molecule has 2 aromatic rings. The molecule has 0 saturated heterocycles. The number of benzene rings is 2. The maximum Gasteiger partial charge on any atom is 0.416 e. The summed E-state index contributed by atoms with van der Waals surface area (Å²) in [4.78, 5) is -0.547. The van der Waals surface area contributed by atoms with E-state index in [4.69, 9.17) is 8.92 Å². The summed E-state index contributed by atoms with van der Waals surface area (Å²) >= 11 is 0. The van der Waals surface area contributed by atoms with Crippen molar-refractivity contribution in [1.82, 2.24) is 0 Å². The molecule has 2 aromatic carbocycles. The lowest BCUT2D eigenvalue weighted by molar-refractivity contribution is -0.138. The molecule has 0 spiro atoms. The van der Waals surface area contributed by atoms with Gasteiger partial charge in [-0.05, 0) is 48.7 Å². The van der Waals surface area contributed by atoms with Crippen molar-refractivity contribution < 1.29 is 30.5 Å². The Bertz CT molecular complexity index is 828. The molecule has 0 amide bonds. The number of aryl methyl sites for hydroxylation is 1. The second-order valence-electron chi connectivity index (χ2n) is 5.40. The summed E-state index contributed by atoms with van der Waals surface area (Å²) in [6.07, 6.45) is -3.99. The van der Waals surface area contributed by atoms with E-state index in [9.17, 15) is 21.6 Å². The molecule has 25 heavy (non-hydrogen) atoms. The van der Waals surface area contributed by atoms with E-state index in [2.05, 4.69) is 0 Å². The molecular formula is C17H17F3O4S. The Morgan fingerprint density at radius 2 is 1.68 bits per heavy atom. The Hall–Kier alpha value is -2.06. The number of alkyl halides is 3. The first-order valence-electron chi connectivity index (χ1n) is 7.34. The molecule has 0 heterocycles. The topological polar surface area (TPSA) is 52.6 Å². The monoisotopic (exact) mass is 374 g/mol. The summed E-state index contributed by atoms with van der Waals surface area (Å²) in [5, 5.41) is 0. The normalized spacial score (nSPS) is 12.2. The smallest absolute Gasteiger partial charge is 0.384 e. The maximum absolute atomic E-state index is 12.9. The molecule has 2 rings (SSSR count). The Kier molecular flexibility index (Phi) is 5.74. The van der Waals surface area contributed by atoms with Crippen LogP contribution in [0.15, 0.2) is 47.4 Å². The molecule has 0 N–H and O–H groups in total. The summed E-state index contributed by atoms with van der Waals surface area (Å²) < 4.78 is 73.2. The minimum atomic E-state index is -4.64. The Balaban J connectivity index is 2.24. The molecule has 0 radical (unpaired) electrons. The molecule has 0 fully saturated rings. The average Bonchev–Trinajstić information content (AvgIpc) is 2.53. The van der Waals surface area contributed by atoms with Crippen molar-refractivity contribution in [3.63, 3.8) is 0 Å². The molecule has 136 valence electrons. The van der Waals surface area contributed by atoms with Crippen molar-refractivity contribution in [2.45, 2.75) is 24.4 Å². The summed E-state index contributed by atoms with van der Waals surface area (Å²) in [6, 6.07) is 9.00. The van der Waals surface area contributed by atoms with Crippen molar-refractivity contribution in [2.24, 2.45) is 0 Å². The highest BCUT2D eigenvalue weighted by Gasteiger charge is 2.34. The van der Waals surface area contributed by atoms with Crippen LogP contribution in [0.5, 0.6) is 5.75 Å². The van der Waals surface area contributed by atoms with E-state index in [1.165, 1.54) is 19.1 Å². The molecule has 4 nitrogen and oxygen atoms in total. The summed E-state index contributed by atoms with van der Waals surface area (Å²) in [6.45, 7) is 1.78. The quantitative estimate of drug-likeness (QED) is 0.718. The lowest BCUT2D eigenvalue weighted by Crippen LogP contribution is -2.13. The van der Waals surface area contributed by atoms with Crippen LogP contribution in [0, 0.1) is 6.92 Å². The average molecular weight is 374 g/mol. The fourth-order valence-electron chi connectivity index (χ4n) is 2.17. The molecule has 0 aliphatic carbocycles. The first-order valence-corrected chi connectivity index (χ1v) is 8.74. The second-order valence-corrected chi connectivity index (χ2v) is 6.95. The zero-order chi connectivity index (χ0) is 18.7. The van der Waals surface area contributed by atoms with Gasteiger partial charge in [0.2, 0.25) is 0 Å². The van der Waals surface area contributed by atoms with Crippen molar-refractivity contribution in [3.05, 3.63) is 59.2 Å². The summed E-state index contributed by atoms with van der Waals surface area (Å²) in [5.41, 5.74) is -0.151. The molecule has 0 unspecified atom stereocenters. The fourth-order valence-corrected chi connectivity index (χ4v) is 3.13. The highest BCUT2D eigenvalue weighted by atomic mass is 32.2. The first-order chi connectivity index (χ1) is 11.6. The first kappa shape index (κ1) is 19.3. The highest BCUT2D eigenvalue weighted by molar-refractivity contribution is 7.87. The zero-order valence-corrected chi connectivity index (χ0v) is 14.4. The van der Waals surface area contributed by atoms with Gasteiger partial charge in [-0.1, -0.05) is 18.2 Å². The molecule has 0 saturated carbocycles. The van der Waals surface area contributed by atoms with Crippen LogP contribution in [-0.4, -0.2) is 22.1 Å². The van der Waals surface area contributed by atoms with Crippen LogP contribution >= 0.6 is 0 Å². The second kappa shape index (κ2) is 7.45. The van der Waals surface area contributed by atoms with Gasteiger partial charge in [-0.2, -0.15) is 21.6 Å². The lowest BCUT2D eigenvalue weighted by Gasteiger charge is -2.13. The number of halogens is 3. The Morgan fingerprint density at radius 3 is 2.24 bits per heavy atom. The minimum Gasteiger partial charge on any atom is -0.384 e. The minimum absolute atomic E-state index is 0.0234. The van der Waals surface area contributed by atoms with E-state index < -0.39 is 26.8 Å². The van der Waals surface area contributed by atoms with Gasteiger partial charge in [0, 0.05) is 7.11 Å². The zero-order valence-electron chi connectivity index (χ0n) is 13.6. The fraction of sp³-hybridized carbons (Fsp3) is 0.294. The van der Waals surface area contributed by atoms with Gasteiger partial charge in [0.05, 0.1) is 12.2 Å². The van der Waals surface area contributed by atoms with Crippen LogP contribution in [-0.2, 0) is 27.5 Å². The predicted molar refractivity (Wildman–Crippen MR) is 86.0 cm³/mol. The maximum atomic E-state index is 12.9. The molecule has 0 atom stereocenters. The van der Waals surface area contributed by atoms with Crippen LogP contribution in [0.25, 0.3) is 0 Å². The molecule has 0 aromatic heterocycles. The Labute approximate surface area is 144 Å². The molecular weight excluding hydrogens is 357 g/mol. The standard InChI is InChI=1S/C17H17F3O4S/c1-12-3-8-15(11-16(12)17(18,19)20)25(21,22)24-14-6-4-13(5-7-14)9-10-23-2/h3-8,11H,9-10H2,1-2H3. The number of hydrogen-bond donors (Lipinski definition) is 0. The van der Waals surface area contributed by atoms with E-state index in [0.717, 1.165) is 17.7 Å². The third-order valence-electron chi connectivity index (χ3n) is 3.53. The highest BCUT2D eigenvalue weighted by Crippen LogP contribution is 2.33. The Morgan fingerprint density at radius 1 is 1.04 bits per heavy atom. The largest absolute Gasteiger partial charge is 0.416 e. The SMILES string of the molecule is COCCc1ccc(OS(=O)(=O)c2ccc(C)c(C(F)(F)F)c2)cc1. The number of hydrogen-bond acceptors (Lipinski definition) is 4. The third kappa shape index (κ3) is 4.96. The number of methoxy groups -OCH3 is 1. The van der Waals surface area contributed by atoms with Gasteiger partial charge in [0.15, 0.2) is 0 Å². The van der Waals surface area contributed by atoms with Gasteiger partial charge in [-0.3, -0.25) is 0 Å². The summed E-state index contributed by atoms with van der Waals surface area (Å²) in [5.74, 6) is 0.0234. The predicted octanol–water partition coefficient (Wildman–Crippen LogP) is 3.97. The van der Waals surface area contributed by atoms with Crippen LogP contribution in [0.1, 0.15) is 16.7 Å². The van der Waals surface area contributed by atoms with Gasteiger partial charge in [0.1, 0.15) is 10.6 Å². The van der Waals surface area contributed by atoms with Crippen LogP contribution in [0.2, 0.25) is 0 Å². The molecule has 0 aliphatic heterocycles.